The second kappa shape index (κ2) is 8.54. The first-order chi connectivity index (χ1) is 12.2. The third kappa shape index (κ3) is 4.64. The molecule has 2 fully saturated rings. The lowest BCUT2D eigenvalue weighted by molar-refractivity contribution is 0.0503. The molecule has 2 aliphatic rings. The quantitative estimate of drug-likeness (QED) is 0.856. The van der Waals surface area contributed by atoms with E-state index in [-0.39, 0.29) is 17.5 Å². The smallest absolute Gasteiger partial charge is 0.315 e. The topological polar surface area (TPSA) is 68.8 Å². The second-order valence-electron chi connectivity index (χ2n) is 6.83. The van der Waals surface area contributed by atoms with E-state index in [1.54, 1.807) is 7.11 Å². The van der Waals surface area contributed by atoms with Crippen molar-refractivity contribution in [1.82, 2.24) is 10.6 Å². The molecule has 0 atom stereocenters. The molecule has 3 rings (SSSR count). The summed E-state index contributed by atoms with van der Waals surface area (Å²) in [7, 11) is 1.67. The normalized spacial score (nSPS) is 20.7. The van der Waals surface area contributed by atoms with Crippen molar-refractivity contribution in [2.45, 2.75) is 37.1 Å². The van der Waals surface area contributed by atoms with Gasteiger partial charge < -0.3 is 24.8 Å². The van der Waals surface area contributed by atoms with E-state index in [1.807, 2.05) is 12.1 Å². The Balaban J connectivity index is 1.62. The summed E-state index contributed by atoms with van der Waals surface area (Å²) in [5, 5.41) is 6.15. The van der Waals surface area contributed by atoms with Crippen molar-refractivity contribution in [1.29, 1.82) is 0 Å². The molecule has 6 nitrogen and oxygen atoms in total. The molecule has 2 N–H and O–H groups in total. The molecule has 0 spiro atoms. The monoisotopic (exact) mass is 348 g/mol. The van der Waals surface area contributed by atoms with Gasteiger partial charge in [0.1, 0.15) is 5.75 Å². The fraction of sp³-hybridized carbons (Fsp3) is 0.632. The molecule has 2 amide bonds. The lowest BCUT2D eigenvalue weighted by atomic mass is 9.74. The molecule has 6 heteroatoms. The van der Waals surface area contributed by atoms with Gasteiger partial charge in [0.15, 0.2) is 0 Å². The number of carbonyl (C=O) groups is 1. The molecule has 0 aromatic heterocycles. The van der Waals surface area contributed by atoms with Gasteiger partial charge in [-0.25, -0.2) is 4.79 Å². The first-order valence-electron chi connectivity index (χ1n) is 9.06. The SMILES string of the molecule is COc1ccc(C2(CNC(=O)NC3CCOCC3)CCOCC2)cc1. The summed E-state index contributed by atoms with van der Waals surface area (Å²) in [5.41, 5.74) is 1.14. The van der Waals surface area contributed by atoms with E-state index in [0.29, 0.717) is 6.54 Å². The predicted molar refractivity (Wildman–Crippen MR) is 95.1 cm³/mol. The van der Waals surface area contributed by atoms with Gasteiger partial charge in [-0.2, -0.15) is 0 Å². The summed E-state index contributed by atoms with van der Waals surface area (Å²) < 4.78 is 16.1. The average molecular weight is 348 g/mol. The number of urea groups is 1. The summed E-state index contributed by atoms with van der Waals surface area (Å²) >= 11 is 0. The number of hydrogen-bond acceptors (Lipinski definition) is 4. The Hall–Kier alpha value is -1.79. The molecule has 0 radical (unpaired) electrons. The largest absolute Gasteiger partial charge is 0.497 e. The van der Waals surface area contributed by atoms with Gasteiger partial charge in [-0.15, -0.1) is 0 Å². The Morgan fingerprint density at radius 3 is 2.40 bits per heavy atom. The molecule has 1 aromatic rings. The maximum atomic E-state index is 12.3. The molecule has 0 unspecified atom stereocenters. The number of nitrogens with one attached hydrogen (secondary N) is 2. The van der Waals surface area contributed by atoms with Gasteiger partial charge in [-0.05, 0) is 43.4 Å². The minimum absolute atomic E-state index is 0.0858. The molecular weight excluding hydrogens is 320 g/mol. The van der Waals surface area contributed by atoms with Crippen molar-refractivity contribution in [3.63, 3.8) is 0 Å². The molecule has 2 heterocycles. The molecule has 0 bridgehead atoms. The Kier molecular flexibility index (Phi) is 6.15. The highest BCUT2D eigenvalue weighted by atomic mass is 16.5. The predicted octanol–water partition coefficient (Wildman–Crippen LogP) is 2.22. The first kappa shape index (κ1) is 18.0. The third-order valence-electron chi connectivity index (χ3n) is 5.30. The third-order valence-corrected chi connectivity index (χ3v) is 5.30. The van der Waals surface area contributed by atoms with Gasteiger partial charge in [0, 0.05) is 44.4 Å². The van der Waals surface area contributed by atoms with Crippen LogP contribution in [0.4, 0.5) is 4.79 Å². The van der Waals surface area contributed by atoms with Crippen LogP contribution >= 0.6 is 0 Å². The van der Waals surface area contributed by atoms with Gasteiger partial charge in [0.2, 0.25) is 0 Å². The molecule has 0 aliphatic carbocycles. The summed E-state index contributed by atoms with van der Waals surface area (Å²) in [6.07, 6.45) is 3.56. The van der Waals surface area contributed by atoms with Crippen molar-refractivity contribution in [3.8, 4) is 5.75 Å². The molecule has 138 valence electrons. The van der Waals surface area contributed by atoms with Gasteiger partial charge in [-0.1, -0.05) is 12.1 Å². The average Bonchev–Trinajstić information content (AvgIpc) is 2.68. The van der Waals surface area contributed by atoms with Crippen molar-refractivity contribution >= 4 is 6.03 Å². The van der Waals surface area contributed by atoms with E-state index >= 15 is 0 Å². The lowest BCUT2D eigenvalue weighted by Crippen LogP contribution is -2.50. The van der Waals surface area contributed by atoms with Crippen LogP contribution < -0.4 is 15.4 Å². The van der Waals surface area contributed by atoms with Crippen LogP contribution in [0, 0.1) is 0 Å². The zero-order valence-corrected chi connectivity index (χ0v) is 14.9. The highest BCUT2D eigenvalue weighted by Gasteiger charge is 2.35. The standard InChI is InChI=1S/C19H28N2O4/c1-23-17-4-2-15(3-5-17)19(8-12-25-13-9-19)14-20-18(22)21-16-6-10-24-11-7-16/h2-5,16H,6-14H2,1H3,(H2,20,21,22). The van der Waals surface area contributed by atoms with Crippen LogP contribution in [0.5, 0.6) is 5.75 Å². The Bertz CT molecular complexity index is 549. The number of amides is 2. The number of hydrogen-bond donors (Lipinski definition) is 2. The van der Waals surface area contributed by atoms with Crippen LogP contribution in [-0.4, -0.2) is 52.2 Å². The van der Waals surface area contributed by atoms with Crippen LogP contribution in [-0.2, 0) is 14.9 Å². The van der Waals surface area contributed by atoms with Crippen LogP contribution in [0.25, 0.3) is 0 Å². The Labute approximate surface area is 149 Å². The first-order valence-corrected chi connectivity index (χ1v) is 9.06. The fourth-order valence-corrected chi connectivity index (χ4v) is 3.60. The van der Waals surface area contributed by atoms with Gasteiger partial charge in [0.25, 0.3) is 0 Å². The fourth-order valence-electron chi connectivity index (χ4n) is 3.60. The number of benzene rings is 1. The number of methoxy groups -OCH3 is 1. The lowest BCUT2D eigenvalue weighted by Gasteiger charge is -2.38. The van der Waals surface area contributed by atoms with Crippen molar-refractivity contribution in [2.75, 3.05) is 40.1 Å². The molecule has 25 heavy (non-hydrogen) atoms. The molecule has 2 saturated heterocycles. The summed E-state index contributed by atoms with van der Waals surface area (Å²) in [6.45, 7) is 3.48. The van der Waals surface area contributed by atoms with Crippen LogP contribution in [0.1, 0.15) is 31.2 Å². The molecule has 1 aromatic carbocycles. The van der Waals surface area contributed by atoms with Crippen LogP contribution in [0.15, 0.2) is 24.3 Å². The summed E-state index contributed by atoms with van der Waals surface area (Å²) in [5.74, 6) is 0.844. The van der Waals surface area contributed by atoms with Crippen molar-refractivity contribution in [2.24, 2.45) is 0 Å². The summed E-state index contributed by atoms with van der Waals surface area (Å²) in [4.78, 5) is 12.3. The minimum atomic E-state index is -0.0914. The minimum Gasteiger partial charge on any atom is -0.497 e. The molecule has 2 aliphatic heterocycles. The zero-order valence-electron chi connectivity index (χ0n) is 14.9. The van der Waals surface area contributed by atoms with Crippen LogP contribution in [0.2, 0.25) is 0 Å². The number of carbonyl (C=O) groups excluding carboxylic acids is 1. The Morgan fingerprint density at radius 1 is 1.12 bits per heavy atom. The highest BCUT2D eigenvalue weighted by molar-refractivity contribution is 5.74. The highest BCUT2D eigenvalue weighted by Crippen LogP contribution is 2.35. The van der Waals surface area contributed by atoms with E-state index in [9.17, 15) is 4.79 Å². The number of rotatable bonds is 5. The summed E-state index contributed by atoms with van der Waals surface area (Å²) in [6, 6.07) is 8.28. The van der Waals surface area contributed by atoms with E-state index in [4.69, 9.17) is 14.2 Å². The maximum absolute atomic E-state index is 12.3. The van der Waals surface area contributed by atoms with E-state index in [0.717, 1.165) is 57.9 Å². The van der Waals surface area contributed by atoms with Gasteiger partial charge in [-0.3, -0.25) is 0 Å². The van der Waals surface area contributed by atoms with E-state index in [2.05, 4.69) is 22.8 Å². The van der Waals surface area contributed by atoms with Crippen LogP contribution in [0.3, 0.4) is 0 Å². The Morgan fingerprint density at radius 2 is 1.76 bits per heavy atom. The number of ether oxygens (including phenoxy) is 3. The van der Waals surface area contributed by atoms with E-state index < -0.39 is 0 Å². The molecule has 0 saturated carbocycles. The van der Waals surface area contributed by atoms with Gasteiger partial charge >= 0.3 is 6.03 Å². The van der Waals surface area contributed by atoms with Crippen molar-refractivity contribution in [3.05, 3.63) is 29.8 Å². The maximum Gasteiger partial charge on any atom is 0.315 e. The van der Waals surface area contributed by atoms with Gasteiger partial charge in [0.05, 0.1) is 7.11 Å². The second-order valence-corrected chi connectivity index (χ2v) is 6.83. The van der Waals surface area contributed by atoms with E-state index in [1.165, 1.54) is 5.56 Å². The molecular formula is C19H28N2O4. The van der Waals surface area contributed by atoms with Crippen molar-refractivity contribution < 1.29 is 19.0 Å². The zero-order chi connectivity index (χ0) is 17.5.